The number of rotatable bonds is 3. The van der Waals surface area contributed by atoms with Gasteiger partial charge in [0.05, 0.1) is 27.6 Å². The number of amides is 2. The first-order valence-electron chi connectivity index (χ1n) is 9.16. The summed E-state index contributed by atoms with van der Waals surface area (Å²) in [6, 6.07) is 9.42. The van der Waals surface area contributed by atoms with Crippen LogP contribution in [0.5, 0.6) is 0 Å². The van der Waals surface area contributed by atoms with Gasteiger partial charge in [-0.2, -0.15) is 0 Å². The summed E-state index contributed by atoms with van der Waals surface area (Å²) in [6.07, 6.45) is 1.80. The third kappa shape index (κ3) is 3.18. The minimum atomic E-state index is -0.319. The summed E-state index contributed by atoms with van der Waals surface area (Å²) >= 11 is 7.36. The first kappa shape index (κ1) is 18.2. The number of carbonyl (C=O) groups is 2. The van der Waals surface area contributed by atoms with E-state index in [0.717, 1.165) is 21.7 Å². The number of thiophene rings is 1. The Kier molecular flexibility index (Phi) is 4.52. The fraction of sp³-hybridized carbons (Fsp3) is 0.250. The van der Waals surface area contributed by atoms with Crippen LogP contribution in [0.4, 0.5) is 10.5 Å². The number of aromatic nitrogens is 1. The van der Waals surface area contributed by atoms with E-state index in [1.54, 1.807) is 15.9 Å². The SMILES string of the molecule is O=C(c1cnoc1-c1ccc(Cl)s1)N1CCc2c(cccc2N2CCOC2=O)C1. The van der Waals surface area contributed by atoms with Crippen LogP contribution in [0.15, 0.2) is 41.1 Å². The van der Waals surface area contributed by atoms with E-state index in [0.29, 0.717) is 48.3 Å². The van der Waals surface area contributed by atoms with Crippen molar-refractivity contribution < 1.29 is 18.8 Å². The number of nitrogens with zero attached hydrogens (tertiary/aromatic N) is 3. The van der Waals surface area contributed by atoms with Crippen LogP contribution in [0.3, 0.4) is 0 Å². The predicted octanol–water partition coefficient (Wildman–Crippen LogP) is 4.21. The smallest absolute Gasteiger partial charge is 0.414 e. The number of fused-ring (bicyclic) bond motifs is 1. The Morgan fingerprint density at radius 1 is 1.21 bits per heavy atom. The van der Waals surface area contributed by atoms with Crippen molar-refractivity contribution in [2.75, 3.05) is 24.6 Å². The Bertz CT molecular complexity index is 1110. The molecule has 0 bridgehead atoms. The molecule has 2 aliphatic heterocycles. The maximum atomic E-state index is 13.2. The van der Waals surface area contributed by atoms with Gasteiger partial charge in [-0.3, -0.25) is 9.69 Å². The van der Waals surface area contributed by atoms with Crippen LogP contribution in [0.1, 0.15) is 21.5 Å². The second-order valence-corrected chi connectivity index (χ2v) is 8.54. The molecule has 0 atom stereocenters. The molecular formula is C20H16ClN3O4S. The molecule has 1 aromatic carbocycles. The fourth-order valence-electron chi connectivity index (χ4n) is 3.80. The summed E-state index contributed by atoms with van der Waals surface area (Å²) < 4.78 is 11.0. The molecule has 0 saturated carbocycles. The topological polar surface area (TPSA) is 75.9 Å². The van der Waals surface area contributed by atoms with Gasteiger partial charge in [0.1, 0.15) is 12.2 Å². The van der Waals surface area contributed by atoms with E-state index in [1.807, 2.05) is 24.3 Å². The van der Waals surface area contributed by atoms with Crippen LogP contribution in [-0.2, 0) is 17.7 Å². The lowest BCUT2D eigenvalue weighted by Crippen LogP contribution is -2.37. The van der Waals surface area contributed by atoms with Crippen molar-refractivity contribution in [3.63, 3.8) is 0 Å². The zero-order valence-corrected chi connectivity index (χ0v) is 16.8. The quantitative estimate of drug-likeness (QED) is 0.623. The van der Waals surface area contributed by atoms with Crippen molar-refractivity contribution >= 4 is 40.6 Å². The number of carbonyl (C=O) groups excluding carboxylic acids is 2. The molecule has 0 radical (unpaired) electrons. The molecule has 0 aliphatic carbocycles. The molecular weight excluding hydrogens is 414 g/mol. The number of hydrogen-bond donors (Lipinski definition) is 0. The summed E-state index contributed by atoms with van der Waals surface area (Å²) in [7, 11) is 0. The van der Waals surface area contributed by atoms with Gasteiger partial charge in [-0.05, 0) is 35.7 Å². The number of hydrogen-bond acceptors (Lipinski definition) is 6. The highest BCUT2D eigenvalue weighted by molar-refractivity contribution is 7.19. The van der Waals surface area contributed by atoms with Crippen LogP contribution >= 0.6 is 22.9 Å². The molecule has 0 spiro atoms. The number of ether oxygens (including phenoxy) is 1. The Balaban J connectivity index is 1.42. The van der Waals surface area contributed by atoms with Gasteiger partial charge in [0.25, 0.3) is 5.91 Å². The van der Waals surface area contributed by atoms with Crippen molar-refractivity contribution in [3.8, 4) is 10.6 Å². The second kappa shape index (κ2) is 7.20. The van der Waals surface area contributed by atoms with Gasteiger partial charge >= 0.3 is 6.09 Å². The molecule has 2 aliphatic rings. The van der Waals surface area contributed by atoms with E-state index in [2.05, 4.69) is 5.16 Å². The molecule has 0 N–H and O–H groups in total. The van der Waals surface area contributed by atoms with Gasteiger partial charge in [-0.25, -0.2) is 4.79 Å². The Labute approximate surface area is 175 Å². The minimum Gasteiger partial charge on any atom is -0.447 e. The second-order valence-electron chi connectivity index (χ2n) is 6.83. The van der Waals surface area contributed by atoms with E-state index in [-0.39, 0.29) is 12.0 Å². The summed E-state index contributed by atoms with van der Waals surface area (Å²) in [4.78, 5) is 29.4. The van der Waals surface area contributed by atoms with Gasteiger partial charge in [-0.1, -0.05) is 28.9 Å². The monoisotopic (exact) mass is 429 g/mol. The van der Waals surface area contributed by atoms with E-state index in [1.165, 1.54) is 17.5 Å². The van der Waals surface area contributed by atoms with Gasteiger partial charge in [-0.15, -0.1) is 11.3 Å². The zero-order valence-electron chi connectivity index (χ0n) is 15.3. The maximum Gasteiger partial charge on any atom is 0.414 e. The summed E-state index contributed by atoms with van der Waals surface area (Å²) in [5.74, 6) is 0.300. The number of cyclic esters (lactones) is 1. The highest BCUT2D eigenvalue weighted by Gasteiger charge is 2.31. The number of halogens is 1. The number of benzene rings is 1. The van der Waals surface area contributed by atoms with Crippen molar-refractivity contribution in [3.05, 3.63) is 57.6 Å². The van der Waals surface area contributed by atoms with Crippen LogP contribution < -0.4 is 4.90 Å². The molecule has 5 rings (SSSR count). The Morgan fingerprint density at radius 2 is 2.10 bits per heavy atom. The van der Waals surface area contributed by atoms with Crippen LogP contribution in [0, 0.1) is 0 Å². The molecule has 1 fully saturated rings. The third-order valence-electron chi connectivity index (χ3n) is 5.18. The largest absolute Gasteiger partial charge is 0.447 e. The average Bonchev–Trinajstić information content (AvgIpc) is 3.47. The van der Waals surface area contributed by atoms with E-state index >= 15 is 0 Å². The van der Waals surface area contributed by atoms with Gasteiger partial charge < -0.3 is 14.2 Å². The maximum absolute atomic E-state index is 13.2. The molecule has 29 heavy (non-hydrogen) atoms. The molecule has 3 aromatic rings. The molecule has 1 saturated heterocycles. The van der Waals surface area contributed by atoms with Gasteiger partial charge in [0.2, 0.25) is 0 Å². The van der Waals surface area contributed by atoms with Crippen LogP contribution in [0.25, 0.3) is 10.6 Å². The molecule has 0 unspecified atom stereocenters. The van der Waals surface area contributed by atoms with Gasteiger partial charge in [0.15, 0.2) is 5.76 Å². The normalized spacial score (nSPS) is 16.1. The van der Waals surface area contributed by atoms with E-state index in [9.17, 15) is 9.59 Å². The van der Waals surface area contributed by atoms with Crippen molar-refractivity contribution in [1.29, 1.82) is 0 Å². The lowest BCUT2D eigenvalue weighted by molar-refractivity contribution is 0.0735. The van der Waals surface area contributed by atoms with Crippen LogP contribution in [-0.4, -0.2) is 41.8 Å². The zero-order chi connectivity index (χ0) is 20.0. The minimum absolute atomic E-state index is 0.137. The lowest BCUT2D eigenvalue weighted by atomic mass is 9.96. The summed E-state index contributed by atoms with van der Waals surface area (Å²) in [6.45, 7) is 1.95. The van der Waals surface area contributed by atoms with Gasteiger partial charge in [0, 0.05) is 13.1 Å². The molecule has 2 amide bonds. The lowest BCUT2D eigenvalue weighted by Gasteiger charge is -2.31. The molecule has 148 valence electrons. The first-order valence-corrected chi connectivity index (χ1v) is 10.4. The molecule has 4 heterocycles. The Morgan fingerprint density at radius 3 is 2.86 bits per heavy atom. The van der Waals surface area contributed by atoms with E-state index in [4.69, 9.17) is 20.9 Å². The third-order valence-corrected chi connectivity index (χ3v) is 6.41. The standard InChI is InChI=1S/C20H16ClN3O4S/c21-17-5-4-16(29-17)18-14(10-22-28-18)19(25)23-7-6-13-12(11-23)2-1-3-15(13)24-8-9-27-20(24)26/h1-5,10H,6-9,11H2. The van der Waals surface area contributed by atoms with E-state index < -0.39 is 0 Å². The first-order chi connectivity index (χ1) is 14.1. The Hall–Kier alpha value is -2.84. The van der Waals surface area contributed by atoms with Crippen LogP contribution in [0.2, 0.25) is 4.34 Å². The summed E-state index contributed by atoms with van der Waals surface area (Å²) in [5.41, 5.74) is 3.41. The highest BCUT2D eigenvalue weighted by Crippen LogP contribution is 2.35. The van der Waals surface area contributed by atoms with Crippen molar-refractivity contribution in [1.82, 2.24) is 10.1 Å². The highest BCUT2D eigenvalue weighted by atomic mass is 35.5. The van der Waals surface area contributed by atoms with Crippen molar-refractivity contribution in [2.24, 2.45) is 0 Å². The summed E-state index contributed by atoms with van der Waals surface area (Å²) in [5, 5.41) is 3.83. The van der Waals surface area contributed by atoms with Crippen molar-refractivity contribution in [2.45, 2.75) is 13.0 Å². The number of anilines is 1. The molecule has 7 nitrogen and oxygen atoms in total. The fourth-order valence-corrected chi connectivity index (χ4v) is 4.84. The molecule has 2 aromatic heterocycles. The average molecular weight is 430 g/mol. The predicted molar refractivity (Wildman–Crippen MR) is 108 cm³/mol. The molecule has 9 heteroatoms.